The summed E-state index contributed by atoms with van der Waals surface area (Å²) in [6, 6.07) is -0.0293. The third-order valence-corrected chi connectivity index (χ3v) is 2.68. The highest BCUT2D eigenvalue weighted by Crippen LogP contribution is 2.25. The Labute approximate surface area is 96.3 Å². The largest absolute Gasteiger partial charge is 0.444 e. The molecule has 0 aromatic heterocycles. The average Bonchev–Trinajstić information content (AvgIpc) is 2.42. The monoisotopic (exact) mass is 230 g/mol. The van der Waals surface area contributed by atoms with Crippen molar-refractivity contribution < 1.29 is 14.6 Å². The molecule has 16 heavy (non-hydrogen) atoms. The molecule has 1 aliphatic rings. The highest BCUT2D eigenvalue weighted by molar-refractivity contribution is 5.68. The lowest BCUT2D eigenvalue weighted by molar-refractivity contribution is 0.0502. The van der Waals surface area contributed by atoms with E-state index >= 15 is 0 Å². The predicted octanol–water partition coefficient (Wildman–Crippen LogP) is 0.609. The molecule has 3 unspecified atom stereocenters. The van der Waals surface area contributed by atoms with Gasteiger partial charge in [0.2, 0.25) is 0 Å². The predicted molar refractivity (Wildman–Crippen MR) is 60.9 cm³/mol. The number of nitrogens with one attached hydrogen (secondary N) is 1. The van der Waals surface area contributed by atoms with Crippen LogP contribution in [0.25, 0.3) is 0 Å². The summed E-state index contributed by atoms with van der Waals surface area (Å²) in [5.74, 6) is 0.0833. The molecule has 0 aliphatic heterocycles. The topological polar surface area (TPSA) is 84.6 Å². The number of carbonyl (C=O) groups is 1. The molecule has 5 nitrogen and oxygen atoms in total. The molecule has 1 rings (SSSR count). The molecule has 5 heteroatoms. The summed E-state index contributed by atoms with van der Waals surface area (Å²) in [7, 11) is 0. The third-order valence-electron chi connectivity index (χ3n) is 2.68. The number of amides is 1. The zero-order valence-corrected chi connectivity index (χ0v) is 10.2. The number of aliphatic hydroxyl groups excluding tert-OH is 1. The number of ether oxygens (including phenoxy) is 1. The highest BCUT2D eigenvalue weighted by atomic mass is 16.6. The number of nitrogens with two attached hydrogens (primary N) is 1. The van der Waals surface area contributed by atoms with Crippen LogP contribution in [0.3, 0.4) is 0 Å². The van der Waals surface area contributed by atoms with Crippen LogP contribution in [0.1, 0.15) is 33.6 Å². The van der Waals surface area contributed by atoms with Crippen molar-refractivity contribution in [3.8, 4) is 0 Å². The van der Waals surface area contributed by atoms with Crippen LogP contribution in [-0.4, -0.2) is 35.5 Å². The third kappa shape index (κ3) is 3.98. The van der Waals surface area contributed by atoms with Crippen LogP contribution in [0, 0.1) is 5.92 Å². The first kappa shape index (κ1) is 13.3. The molecule has 0 bridgehead atoms. The molecule has 0 spiro atoms. The lowest BCUT2D eigenvalue weighted by Gasteiger charge is -2.21. The Balaban J connectivity index is 2.36. The van der Waals surface area contributed by atoms with E-state index in [0.29, 0.717) is 13.0 Å². The van der Waals surface area contributed by atoms with Gasteiger partial charge in [0, 0.05) is 6.04 Å². The van der Waals surface area contributed by atoms with Crippen molar-refractivity contribution in [1.29, 1.82) is 0 Å². The number of carbonyl (C=O) groups excluding carboxylic acids is 1. The lowest BCUT2D eigenvalue weighted by atomic mass is 10.1. The van der Waals surface area contributed by atoms with Crippen molar-refractivity contribution in [2.75, 3.05) is 6.54 Å². The van der Waals surface area contributed by atoms with E-state index in [1.165, 1.54) is 0 Å². The van der Waals surface area contributed by atoms with E-state index in [9.17, 15) is 9.90 Å². The van der Waals surface area contributed by atoms with Crippen molar-refractivity contribution in [3.05, 3.63) is 0 Å². The Bertz CT molecular complexity index is 250. The summed E-state index contributed by atoms with van der Waals surface area (Å²) in [5.41, 5.74) is 5.02. The van der Waals surface area contributed by atoms with Gasteiger partial charge in [-0.1, -0.05) is 0 Å². The minimum Gasteiger partial charge on any atom is -0.444 e. The Morgan fingerprint density at radius 3 is 2.56 bits per heavy atom. The fraction of sp³-hybridized carbons (Fsp3) is 0.909. The summed E-state index contributed by atoms with van der Waals surface area (Å²) in [4.78, 5) is 11.5. The minimum atomic E-state index is -0.491. The second kappa shape index (κ2) is 5.01. The zero-order valence-electron chi connectivity index (χ0n) is 10.2. The van der Waals surface area contributed by atoms with Crippen molar-refractivity contribution in [1.82, 2.24) is 5.32 Å². The van der Waals surface area contributed by atoms with E-state index in [1.807, 2.05) is 20.8 Å². The maximum absolute atomic E-state index is 11.5. The Hall–Kier alpha value is -0.810. The SMILES string of the molecule is CC(C)(C)OC(=O)NC1CC(O)C(CN)C1. The standard InChI is InChI=1S/C11H22N2O3/c1-11(2,3)16-10(15)13-8-4-7(6-12)9(14)5-8/h7-9,14H,4-6,12H2,1-3H3,(H,13,15). The average molecular weight is 230 g/mol. The first-order valence-corrected chi connectivity index (χ1v) is 5.69. The van der Waals surface area contributed by atoms with Gasteiger partial charge in [-0.25, -0.2) is 4.79 Å². The van der Waals surface area contributed by atoms with Gasteiger partial charge in [0.25, 0.3) is 0 Å². The fourth-order valence-electron chi connectivity index (χ4n) is 1.95. The summed E-state index contributed by atoms with van der Waals surface area (Å²) in [6.45, 7) is 5.91. The van der Waals surface area contributed by atoms with Crippen LogP contribution < -0.4 is 11.1 Å². The summed E-state index contributed by atoms with van der Waals surface area (Å²) >= 11 is 0. The van der Waals surface area contributed by atoms with Crippen molar-refractivity contribution in [2.24, 2.45) is 11.7 Å². The Morgan fingerprint density at radius 1 is 1.50 bits per heavy atom. The number of hydrogen-bond acceptors (Lipinski definition) is 4. The second-order valence-electron chi connectivity index (χ2n) is 5.38. The maximum Gasteiger partial charge on any atom is 0.407 e. The molecular formula is C11H22N2O3. The molecule has 1 saturated carbocycles. The summed E-state index contributed by atoms with van der Waals surface area (Å²) in [5, 5.41) is 12.4. The molecule has 1 aliphatic carbocycles. The summed E-state index contributed by atoms with van der Waals surface area (Å²) < 4.78 is 5.14. The minimum absolute atomic E-state index is 0.0293. The second-order valence-corrected chi connectivity index (χ2v) is 5.38. The van der Waals surface area contributed by atoms with Crippen molar-refractivity contribution in [3.63, 3.8) is 0 Å². The van der Waals surface area contributed by atoms with Crippen LogP contribution in [0.15, 0.2) is 0 Å². The molecule has 3 atom stereocenters. The van der Waals surface area contributed by atoms with Gasteiger partial charge in [-0.15, -0.1) is 0 Å². The van der Waals surface area contributed by atoms with Gasteiger partial charge < -0.3 is 20.9 Å². The van der Waals surface area contributed by atoms with Crippen LogP contribution >= 0.6 is 0 Å². The fourth-order valence-corrected chi connectivity index (χ4v) is 1.95. The van der Waals surface area contributed by atoms with Gasteiger partial charge >= 0.3 is 6.09 Å². The molecule has 0 aromatic rings. The molecule has 94 valence electrons. The van der Waals surface area contributed by atoms with E-state index < -0.39 is 17.8 Å². The maximum atomic E-state index is 11.5. The number of alkyl carbamates (subject to hydrolysis) is 1. The Morgan fingerprint density at radius 2 is 2.12 bits per heavy atom. The number of hydrogen-bond donors (Lipinski definition) is 3. The van der Waals surface area contributed by atoms with Crippen molar-refractivity contribution in [2.45, 2.75) is 51.4 Å². The Kier molecular flexibility index (Phi) is 4.15. The molecule has 0 radical (unpaired) electrons. The quantitative estimate of drug-likeness (QED) is 0.649. The van der Waals surface area contributed by atoms with Gasteiger partial charge in [-0.3, -0.25) is 0 Å². The van der Waals surface area contributed by atoms with Crippen molar-refractivity contribution >= 4 is 6.09 Å². The van der Waals surface area contributed by atoms with Gasteiger partial charge in [-0.05, 0) is 46.1 Å². The van der Waals surface area contributed by atoms with Gasteiger partial charge in [0.1, 0.15) is 5.60 Å². The first-order chi connectivity index (χ1) is 7.31. The van der Waals surface area contributed by atoms with Gasteiger partial charge in [-0.2, -0.15) is 0 Å². The zero-order chi connectivity index (χ0) is 12.3. The molecular weight excluding hydrogens is 208 g/mol. The smallest absolute Gasteiger partial charge is 0.407 e. The molecule has 0 heterocycles. The van der Waals surface area contributed by atoms with E-state index in [1.54, 1.807) is 0 Å². The molecule has 1 fully saturated rings. The van der Waals surface area contributed by atoms with E-state index in [0.717, 1.165) is 6.42 Å². The first-order valence-electron chi connectivity index (χ1n) is 5.69. The van der Waals surface area contributed by atoms with Crippen LogP contribution in [0.5, 0.6) is 0 Å². The van der Waals surface area contributed by atoms with Crippen LogP contribution in [0.4, 0.5) is 4.79 Å². The van der Waals surface area contributed by atoms with Crippen LogP contribution in [0.2, 0.25) is 0 Å². The highest BCUT2D eigenvalue weighted by Gasteiger charge is 2.33. The number of aliphatic hydroxyl groups is 1. The molecule has 0 aromatic carbocycles. The number of rotatable bonds is 2. The van der Waals surface area contributed by atoms with E-state index in [-0.39, 0.29) is 12.0 Å². The van der Waals surface area contributed by atoms with E-state index in [4.69, 9.17) is 10.5 Å². The molecule has 1 amide bonds. The summed E-state index contributed by atoms with van der Waals surface area (Å²) in [6.07, 6.45) is 0.435. The van der Waals surface area contributed by atoms with Gasteiger partial charge in [0.05, 0.1) is 6.10 Å². The molecule has 0 saturated heterocycles. The molecule has 4 N–H and O–H groups in total. The van der Waals surface area contributed by atoms with E-state index in [2.05, 4.69) is 5.32 Å². The lowest BCUT2D eigenvalue weighted by Crippen LogP contribution is -2.38. The van der Waals surface area contributed by atoms with Crippen LogP contribution in [-0.2, 0) is 4.74 Å². The normalized spacial score (nSPS) is 30.2. The van der Waals surface area contributed by atoms with Gasteiger partial charge in [0.15, 0.2) is 0 Å².